The molecule has 0 radical (unpaired) electrons. The molecular weight excluding hydrogens is 198 g/mol. The van der Waals surface area contributed by atoms with Crippen LogP contribution >= 0.6 is 0 Å². The van der Waals surface area contributed by atoms with Crippen LogP contribution in [0.2, 0.25) is 0 Å². The van der Waals surface area contributed by atoms with Crippen LogP contribution in [0.15, 0.2) is 4.99 Å². The molecule has 0 heterocycles. The summed E-state index contributed by atoms with van der Waals surface area (Å²) >= 11 is 0. The summed E-state index contributed by atoms with van der Waals surface area (Å²) < 4.78 is 0. The summed E-state index contributed by atoms with van der Waals surface area (Å²) in [6.45, 7) is 11.2. The van der Waals surface area contributed by atoms with Crippen molar-refractivity contribution in [1.82, 2.24) is 0 Å². The molecule has 0 aromatic heterocycles. The second kappa shape index (κ2) is 6.12. The van der Waals surface area contributed by atoms with Gasteiger partial charge in [-0.05, 0) is 24.7 Å². The Hall–Kier alpha value is -0.730. The molecule has 16 heavy (non-hydrogen) atoms. The average molecular weight is 227 g/mol. The summed E-state index contributed by atoms with van der Waals surface area (Å²) in [7, 11) is 0. The topological polar surface area (TPSA) is 64.4 Å². The Morgan fingerprint density at radius 1 is 0.938 bits per heavy atom. The van der Waals surface area contributed by atoms with Crippen molar-refractivity contribution in [3.8, 4) is 0 Å². The summed E-state index contributed by atoms with van der Waals surface area (Å²) in [5.41, 5.74) is 11.4. The van der Waals surface area contributed by atoms with Gasteiger partial charge in [0.1, 0.15) is 0 Å². The van der Waals surface area contributed by atoms with Crippen LogP contribution in [0.5, 0.6) is 0 Å². The lowest BCUT2D eigenvalue weighted by Crippen LogP contribution is -2.37. The zero-order valence-electron chi connectivity index (χ0n) is 11.6. The normalized spacial score (nSPS) is 12.6. The Kier molecular flexibility index (Phi) is 5.84. The highest BCUT2D eigenvalue weighted by Crippen LogP contribution is 2.39. The van der Waals surface area contributed by atoms with Gasteiger partial charge in [0.25, 0.3) is 0 Å². The van der Waals surface area contributed by atoms with E-state index in [1.165, 1.54) is 12.8 Å². The highest BCUT2D eigenvalue weighted by molar-refractivity contribution is 5.76. The fourth-order valence-corrected chi connectivity index (χ4v) is 2.27. The second-order valence-corrected chi connectivity index (χ2v) is 5.16. The largest absolute Gasteiger partial charge is 0.370 e. The van der Waals surface area contributed by atoms with Gasteiger partial charge in [-0.2, -0.15) is 0 Å². The lowest BCUT2D eigenvalue weighted by atomic mass is 9.72. The minimum Gasteiger partial charge on any atom is -0.370 e. The van der Waals surface area contributed by atoms with Gasteiger partial charge in [-0.3, -0.25) is 0 Å². The van der Waals surface area contributed by atoms with E-state index in [4.69, 9.17) is 11.5 Å². The standard InChI is InChI=1S/C13H29N3/c1-6-12(5,7-2)10-13(8-3,9-4)16-11(14)15/h6-10H2,1-5H3,(H4,14,15,16). The predicted octanol–water partition coefficient (Wildman–Crippen LogP) is 3.04. The highest BCUT2D eigenvalue weighted by atomic mass is 15.0. The number of rotatable bonds is 7. The van der Waals surface area contributed by atoms with Gasteiger partial charge in [0.15, 0.2) is 5.96 Å². The van der Waals surface area contributed by atoms with Crippen molar-refractivity contribution in [3.05, 3.63) is 0 Å². The number of hydrogen-bond acceptors (Lipinski definition) is 1. The van der Waals surface area contributed by atoms with E-state index in [-0.39, 0.29) is 11.5 Å². The SMILES string of the molecule is CCC(C)(CC)CC(CC)(CC)N=C(N)N. The number of aliphatic imine (C=N–C) groups is 1. The van der Waals surface area contributed by atoms with Crippen LogP contribution in [-0.2, 0) is 0 Å². The predicted molar refractivity (Wildman–Crippen MR) is 72.4 cm³/mol. The highest BCUT2D eigenvalue weighted by Gasteiger charge is 2.34. The third kappa shape index (κ3) is 4.03. The van der Waals surface area contributed by atoms with Crippen LogP contribution in [-0.4, -0.2) is 11.5 Å². The Labute approximate surface area is 101 Å². The molecule has 0 aromatic carbocycles. The van der Waals surface area contributed by atoms with E-state index >= 15 is 0 Å². The van der Waals surface area contributed by atoms with Crippen molar-refractivity contribution in [3.63, 3.8) is 0 Å². The van der Waals surface area contributed by atoms with Crippen LogP contribution in [0, 0.1) is 5.41 Å². The average Bonchev–Trinajstić information content (AvgIpc) is 2.27. The summed E-state index contributed by atoms with van der Waals surface area (Å²) in [6.07, 6.45) is 5.41. The second-order valence-electron chi connectivity index (χ2n) is 5.16. The zero-order valence-corrected chi connectivity index (χ0v) is 11.6. The molecule has 0 aliphatic rings. The van der Waals surface area contributed by atoms with Gasteiger partial charge < -0.3 is 11.5 Å². The van der Waals surface area contributed by atoms with Crippen LogP contribution in [0.4, 0.5) is 0 Å². The van der Waals surface area contributed by atoms with Crippen molar-refractivity contribution in [2.45, 2.75) is 72.3 Å². The Morgan fingerprint density at radius 3 is 1.62 bits per heavy atom. The van der Waals surface area contributed by atoms with Gasteiger partial charge >= 0.3 is 0 Å². The molecule has 3 heteroatoms. The molecule has 0 aliphatic heterocycles. The maximum atomic E-state index is 5.56. The van der Waals surface area contributed by atoms with Gasteiger partial charge in [0, 0.05) is 0 Å². The first-order valence-electron chi connectivity index (χ1n) is 6.47. The van der Waals surface area contributed by atoms with Gasteiger partial charge in [0.2, 0.25) is 0 Å². The minimum atomic E-state index is -0.0698. The zero-order chi connectivity index (χ0) is 12.8. The van der Waals surface area contributed by atoms with E-state index in [2.05, 4.69) is 39.6 Å². The lowest BCUT2D eigenvalue weighted by molar-refractivity contribution is 0.188. The molecule has 0 fully saturated rings. The van der Waals surface area contributed by atoms with Gasteiger partial charge in [-0.15, -0.1) is 0 Å². The van der Waals surface area contributed by atoms with Gasteiger partial charge in [0.05, 0.1) is 5.54 Å². The molecule has 4 N–H and O–H groups in total. The smallest absolute Gasteiger partial charge is 0.186 e. The Balaban J connectivity index is 5.00. The van der Waals surface area contributed by atoms with Crippen LogP contribution in [0.1, 0.15) is 66.7 Å². The van der Waals surface area contributed by atoms with Crippen molar-refractivity contribution in [2.75, 3.05) is 0 Å². The van der Waals surface area contributed by atoms with E-state index in [0.29, 0.717) is 5.41 Å². The van der Waals surface area contributed by atoms with E-state index in [9.17, 15) is 0 Å². The lowest BCUT2D eigenvalue weighted by Gasteiger charge is -2.37. The first-order valence-corrected chi connectivity index (χ1v) is 6.47. The third-order valence-corrected chi connectivity index (χ3v) is 4.15. The monoisotopic (exact) mass is 227 g/mol. The first kappa shape index (κ1) is 15.3. The van der Waals surface area contributed by atoms with Crippen molar-refractivity contribution in [1.29, 1.82) is 0 Å². The van der Waals surface area contributed by atoms with E-state index < -0.39 is 0 Å². The minimum absolute atomic E-state index is 0.0698. The van der Waals surface area contributed by atoms with Crippen molar-refractivity contribution in [2.24, 2.45) is 21.9 Å². The van der Waals surface area contributed by atoms with E-state index in [1.807, 2.05) is 0 Å². The Bertz CT molecular complexity index is 221. The molecule has 3 nitrogen and oxygen atoms in total. The number of guanidine groups is 1. The molecule has 0 saturated heterocycles. The maximum absolute atomic E-state index is 5.56. The molecule has 0 unspecified atom stereocenters. The van der Waals surface area contributed by atoms with Crippen molar-refractivity contribution >= 4 is 5.96 Å². The van der Waals surface area contributed by atoms with Gasteiger partial charge in [-0.25, -0.2) is 4.99 Å². The van der Waals surface area contributed by atoms with E-state index in [1.54, 1.807) is 0 Å². The molecule has 96 valence electrons. The molecule has 0 aromatic rings. The number of nitrogens with two attached hydrogens (primary N) is 2. The summed E-state index contributed by atoms with van der Waals surface area (Å²) in [4.78, 5) is 4.50. The van der Waals surface area contributed by atoms with E-state index in [0.717, 1.165) is 19.3 Å². The van der Waals surface area contributed by atoms with Crippen LogP contribution in [0.3, 0.4) is 0 Å². The molecular formula is C13H29N3. The molecule has 0 atom stereocenters. The molecule has 0 saturated carbocycles. The quantitative estimate of drug-likeness (QED) is 0.518. The number of nitrogens with zero attached hydrogens (tertiary/aromatic N) is 1. The summed E-state index contributed by atoms with van der Waals surface area (Å²) in [5, 5.41) is 0. The fourth-order valence-electron chi connectivity index (χ4n) is 2.27. The third-order valence-electron chi connectivity index (χ3n) is 4.15. The molecule has 0 spiro atoms. The molecule has 0 amide bonds. The first-order chi connectivity index (χ1) is 7.37. The fraction of sp³-hybridized carbons (Fsp3) is 0.923. The maximum Gasteiger partial charge on any atom is 0.186 e. The number of hydrogen-bond donors (Lipinski definition) is 2. The van der Waals surface area contributed by atoms with Crippen LogP contribution < -0.4 is 11.5 Å². The van der Waals surface area contributed by atoms with Crippen molar-refractivity contribution < 1.29 is 0 Å². The summed E-state index contributed by atoms with van der Waals surface area (Å²) in [5.74, 6) is 0.221. The van der Waals surface area contributed by atoms with Gasteiger partial charge in [-0.1, -0.05) is 47.5 Å². The Morgan fingerprint density at radius 2 is 1.38 bits per heavy atom. The summed E-state index contributed by atoms with van der Waals surface area (Å²) in [6, 6.07) is 0. The molecule has 0 aliphatic carbocycles. The van der Waals surface area contributed by atoms with Crippen LogP contribution in [0.25, 0.3) is 0 Å². The molecule has 0 rings (SSSR count). The molecule has 0 bridgehead atoms.